The molecule has 1 fully saturated rings. The summed E-state index contributed by atoms with van der Waals surface area (Å²) in [4.78, 5) is 18.5. The van der Waals surface area contributed by atoms with E-state index < -0.39 is 0 Å². The van der Waals surface area contributed by atoms with Gasteiger partial charge in [0.2, 0.25) is 5.91 Å². The summed E-state index contributed by atoms with van der Waals surface area (Å²) in [5, 5.41) is 2.90. The highest BCUT2D eigenvalue weighted by atomic mass is 16.3. The maximum Gasteiger partial charge on any atom is 0.234 e. The number of aryl methyl sites for hydroxylation is 1. The van der Waals surface area contributed by atoms with Crippen molar-refractivity contribution < 1.29 is 9.21 Å². The van der Waals surface area contributed by atoms with E-state index in [-0.39, 0.29) is 5.91 Å². The fraction of sp³-hybridized carbons (Fsp3) is 0.529. The number of hydrogen-bond donors (Lipinski definition) is 1. The number of imidazole rings is 1. The second-order valence-corrected chi connectivity index (χ2v) is 6.20. The molecule has 0 unspecified atom stereocenters. The van der Waals surface area contributed by atoms with Crippen LogP contribution in [0.2, 0.25) is 0 Å². The fourth-order valence-electron chi connectivity index (χ4n) is 3.06. The third kappa shape index (κ3) is 4.45. The van der Waals surface area contributed by atoms with Crippen molar-refractivity contribution in [2.45, 2.75) is 32.9 Å². The Morgan fingerprint density at radius 2 is 2.26 bits per heavy atom. The molecule has 6 heteroatoms. The average Bonchev–Trinajstić information content (AvgIpc) is 3.20. The molecule has 124 valence electrons. The third-order valence-corrected chi connectivity index (χ3v) is 4.49. The number of furan rings is 1. The van der Waals surface area contributed by atoms with Crippen LogP contribution in [0, 0.1) is 12.8 Å². The van der Waals surface area contributed by atoms with Gasteiger partial charge in [-0.2, -0.15) is 0 Å². The number of carbonyl (C=O) groups is 1. The van der Waals surface area contributed by atoms with Crippen LogP contribution in [0.4, 0.5) is 0 Å². The zero-order valence-corrected chi connectivity index (χ0v) is 13.6. The number of piperidine rings is 1. The van der Waals surface area contributed by atoms with E-state index in [4.69, 9.17) is 4.42 Å². The SMILES string of the molecule is Cc1nccn1CC1CCN(CC(=O)NCc2ccco2)CC1. The zero-order valence-electron chi connectivity index (χ0n) is 13.6. The molecule has 6 nitrogen and oxygen atoms in total. The standard InChI is InChI=1S/C17H24N4O2/c1-14-18-6-9-21(14)12-15-4-7-20(8-5-15)13-17(22)19-11-16-3-2-10-23-16/h2-3,6,9-10,15H,4-5,7-8,11-13H2,1H3,(H,19,22). The van der Waals surface area contributed by atoms with Crippen LogP contribution in [0.3, 0.4) is 0 Å². The minimum absolute atomic E-state index is 0.0605. The smallest absolute Gasteiger partial charge is 0.234 e. The lowest BCUT2D eigenvalue weighted by Crippen LogP contribution is -2.41. The first-order chi connectivity index (χ1) is 11.2. The fourth-order valence-corrected chi connectivity index (χ4v) is 3.06. The molecule has 3 heterocycles. The summed E-state index contributed by atoms with van der Waals surface area (Å²) in [6, 6.07) is 3.69. The van der Waals surface area contributed by atoms with Crippen LogP contribution in [0.1, 0.15) is 24.4 Å². The van der Waals surface area contributed by atoms with Gasteiger partial charge < -0.3 is 14.3 Å². The molecule has 1 N–H and O–H groups in total. The van der Waals surface area contributed by atoms with Gasteiger partial charge in [-0.3, -0.25) is 9.69 Å². The van der Waals surface area contributed by atoms with Crippen LogP contribution >= 0.6 is 0 Å². The molecule has 2 aromatic heterocycles. The van der Waals surface area contributed by atoms with Gasteiger partial charge in [0, 0.05) is 18.9 Å². The molecule has 0 atom stereocenters. The first-order valence-electron chi connectivity index (χ1n) is 8.20. The highest BCUT2D eigenvalue weighted by Gasteiger charge is 2.21. The van der Waals surface area contributed by atoms with Gasteiger partial charge in [-0.05, 0) is 50.9 Å². The molecule has 1 aliphatic rings. The van der Waals surface area contributed by atoms with Crippen LogP contribution in [-0.4, -0.2) is 40.0 Å². The van der Waals surface area contributed by atoms with Gasteiger partial charge in [-0.25, -0.2) is 4.98 Å². The summed E-state index contributed by atoms with van der Waals surface area (Å²) in [5.41, 5.74) is 0. The monoisotopic (exact) mass is 316 g/mol. The number of hydrogen-bond acceptors (Lipinski definition) is 4. The maximum atomic E-state index is 12.0. The molecule has 3 rings (SSSR count). The van der Waals surface area contributed by atoms with Crippen LogP contribution in [0.25, 0.3) is 0 Å². The van der Waals surface area contributed by atoms with E-state index in [9.17, 15) is 4.79 Å². The second-order valence-electron chi connectivity index (χ2n) is 6.20. The predicted molar refractivity (Wildman–Crippen MR) is 86.7 cm³/mol. The van der Waals surface area contributed by atoms with Crippen LogP contribution in [0.15, 0.2) is 35.2 Å². The topological polar surface area (TPSA) is 63.3 Å². The minimum Gasteiger partial charge on any atom is -0.467 e. The van der Waals surface area contributed by atoms with Crippen LogP contribution in [0.5, 0.6) is 0 Å². The van der Waals surface area contributed by atoms with Gasteiger partial charge in [0.15, 0.2) is 0 Å². The molecule has 1 saturated heterocycles. The number of carbonyl (C=O) groups excluding carboxylic acids is 1. The Labute approximate surface area is 136 Å². The van der Waals surface area contributed by atoms with E-state index in [0.717, 1.165) is 44.1 Å². The highest BCUT2D eigenvalue weighted by Crippen LogP contribution is 2.19. The van der Waals surface area contributed by atoms with Crippen molar-refractivity contribution in [1.82, 2.24) is 19.8 Å². The Balaban J connectivity index is 1.37. The summed E-state index contributed by atoms with van der Waals surface area (Å²) in [6.07, 6.45) is 7.78. The number of rotatable bonds is 6. The number of likely N-dealkylation sites (tertiary alicyclic amines) is 1. The molecular formula is C17H24N4O2. The average molecular weight is 316 g/mol. The summed E-state index contributed by atoms with van der Waals surface area (Å²) < 4.78 is 7.43. The molecule has 0 saturated carbocycles. The van der Waals surface area contributed by atoms with E-state index >= 15 is 0 Å². The lowest BCUT2D eigenvalue weighted by molar-refractivity contribution is -0.122. The molecule has 1 amide bonds. The van der Waals surface area contributed by atoms with E-state index in [1.807, 2.05) is 31.5 Å². The quantitative estimate of drug-likeness (QED) is 0.883. The van der Waals surface area contributed by atoms with E-state index in [1.165, 1.54) is 0 Å². The molecular weight excluding hydrogens is 292 g/mol. The first-order valence-corrected chi connectivity index (χ1v) is 8.20. The number of aromatic nitrogens is 2. The Kier molecular flexibility index (Phi) is 5.12. The lowest BCUT2D eigenvalue weighted by atomic mass is 9.96. The molecule has 0 radical (unpaired) electrons. The predicted octanol–water partition coefficient (Wildman–Crippen LogP) is 1.81. The van der Waals surface area contributed by atoms with Crippen molar-refractivity contribution in [3.05, 3.63) is 42.4 Å². The highest BCUT2D eigenvalue weighted by molar-refractivity contribution is 5.77. The molecule has 0 aromatic carbocycles. The first kappa shape index (κ1) is 15.8. The number of nitrogens with zero attached hydrogens (tertiary/aromatic N) is 3. The van der Waals surface area contributed by atoms with E-state index in [1.54, 1.807) is 6.26 Å². The molecule has 0 aliphatic carbocycles. The summed E-state index contributed by atoms with van der Waals surface area (Å²) >= 11 is 0. The van der Waals surface area contributed by atoms with E-state index in [0.29, 0.717) is 19.0 Å². The molecule has 0 spiro atoms. The van der Waals surface area contributed by atoms with Gasteiger partial charge >= 0.3 is 0 Å². The van der Waals surface area contributed by atoms with Gasteiger partial charge in [-0.15, -0.1) is 0 Å². The van der Waals surface area contributed by atoms with Crippen molar-refractivity contribution in [3.8, 4) is 0 Å². The number of nitrogens with one attached hydrogen (secondary N) is 1. The van der Waals surface area contributed by atoms with Gasteiger partial charge in [0.05, 0.1) is 19.4 Å². The summed E-state index contributed by atoms with van der Waals surface area (Å²) in [6.45, 7) is 5.96. The van der Waals surface area contributed by atoms with Crippen molar-refractivity contribution in [2.24, 2.45) is 5.92 Å². The molecule has 2 aromatic rings. The molecule has 23 heavy (non-hydrogen) atoms. The zero-order chi connectivity index (χ0) is 16.1. The molecule has 0 bridgehead atoms. The van der Waals surface area contributed by atoms with Crippen molar-refractivity contribution >= 4 is 5.91 Å². The van der Waals surface area contributed by atoms with Crippen molar-refractivity contribution in [2.75, 3.05) is 19.6 Å². The lowest BCUT2D eigenvalue weighted by Gasteiger charge is -2.31. The summed E-state index contributed by atoms with van der Waals surface area (Å²) in [5.74, 6) is 2.59. The largest absolute Gasteiger partial charge is 0.467 e. The van der Waals surface area contributed by atoms with Gasteiger partial charge in [-0.1, -0.05) is 0 Å². The van der Waals surface area contributed by atoms with Gasteiger partial charge in [0.25, 0.3) is 0 Å². The van der Waals surface area contributed by atoms with Crippen molar-refractivity contribution in [1.29, 1.82) is 0 Å². The number of amides is 1. The third-order valence-electron chi connectivity index (χ3n) is 4.49. The minimum atomic E-state index is 0.0605. The normalized spacial score (nSPS) is 16.6. The van der Waals surface area contributed by atoms with Crippen LogP contribution in [-0.2, 0) is 17.9 Å². The molecule has 1 aliphatic heterocycles. The summed E-state index contributed by atoms with van der Waals surface area (Å²) in [7, 11) is 0. The Bertz CT molecular complexity index is 612. The Morgan fingerprint density at radius 1 is 1.43 bits per heavy atom. The second kappa shape index (κ2) is 7.46. The Morgan fingerprint density at radius 3 is 2.91 bits per heavy atom. The van der Waals surface area contributed by atoms with Crippen molar-refractivity contribution in [3.63, 3.8) is 0 Å². The van der Waals surface area contributed by atoms with Gasteiger partial charge in [0.1, 0.15) is 11.6 Å². The Hall–Kier alpha value is -2.08. The maximum absolute atomic E-state index is 12.0. The van der Waals surface area contributed by atoms with Crippen LogP contribution < -0.4 is 5.32 Å². The van der Waals surface area contributed by atoms with E-state index in [2.05, 4.69) is 19.8 Å².